The molecule has 28 heavy (non-hydrogen) atoms. The molecule has 3 heterocycles. The third kappa shape index (κ3) is 3.56. The molecule has 1 amide bonds. The van der Waals surface area contributed by atoms with Gasteiger partial charge in [0.05, 0.1) is 25.4 Å². The highest BCUT2D eigenvalue weighted by molar-refractivity contribution is 6.00. The van der Waals surface area contributed by atoms with Gasteiger partial charge in [-0.05, 0) is 31.2 Å². The topological polar surface area (TPSA) is 94.5 Å². The largest absolute Gasteiger partial charge is 0.481 e. The lowest BCUT2D eigenvalue weighted by atomic mass is 10.1. The highest BCUT2D eigenvalue weighted by Crippen LogP contribution is 2.35. The quantitative estimate of drug-likeness (QED) is 0.844. The number of carbonyl (C=O) groups is 1. The van der Waals surface area contributed by atoms with E-state index < -0.39 is 5.72 Å². The van der Waals surface area contributed by atoms with Crippen molar-refractivity contribution in [1.29, 1.82) is 0 Å². The number of hydrogen-bond donors (Lipinski definition) is 1. The van der Waals surface area contributed by atoms with Gasteiger partial charge in [-0.25, -0.2) is 19.9 Å². The van der Waals surface area contributed by atoms with Crippen LogP contribution in [-0.4, -0.2) is 48.5 Å². The lowest BCUT2D eigenvalue weighted by molar-refractivity contribution is -0.164. The maximum atomic E-state index is 12.5. The molecule has 9 heteroatoms. The molecule has 0 spiro atoms. The fraction of sp³-hybridized carbons (Fsp3) is 0.316. The first-order valence-corrected chi connectivity index (χ1v) is 8.68. The van der Waals surface area contributed by atoms with Crippen molar-refractivity contribution in [3.8, 4) is 17.4 Å². The summed E-state index contributed by atoms with van der Waals surface area (Å²) in [4.78, 5) is 27.0. The average molecular weight is 384 g/mol. The maximum Gasteiger partial charge on any atom is 0.231 e. The third-order valence-corrected chi connectivity index (χ3v) is 4.32. The minimum Gasteiger partial charge on any atom is -0.481 e. The number of aliphatic imine (C=N–C) groups is 1. The van der Waals surface area contributed by atoms with Crippen LogP contribution in [0.5, 0.6) is 17.4 Å². The Morgan fingerprint density at radius 2 is 2.11 bits per heavy atom. The van der Waals surface area contributed by atoms with Gasteiger partial charge in [-0.15, -0.1) is 0 Å². The summed E-state index contributed by atoms with van der Waals surface area (Å²) in [6, 6.07) is 8.94. The van der Waals surface area contributed by atoms with Crippen molar-refractivity contribution in [2.75, 3.05) is 26.3 Å². The number of ether oxygens (including phenoxy) is 3. The molecular weight excluding hydrogens is 364 g/mol. The average Bonchev–Trinajstić information content (AvgIpc) is 3.25. The predicted octanol–water partition coefficient (Wildman–Crippen LogP) is 2.19. The molecule has 1 unspecified atom stereocenters. The van der Waals surface area contributed by atoms with Crippen LogP contribution in [0.4, 0.5) is 5.69 Å². The van der Waals surface area contributed by atoms with Crippen molar-refractivity contribution in [1.82, 2.24) is 10.0 Å². The number of pyridine rings is 1. The summed E-state index contributed by atoms with van der Waals surface area (Å²) >= 11 is 0. The number of nitrogens with zero attached hydrogens (tertiary/aromatic N) is 3. The molecule has 0 aliphatic carbocycles. The normalized spacial score (nSPS) is 20.1. The fourth-order valence-electron chi connectivity index (χ4n) is 3.08. The number of rotatable bonds is 5. The number of methoxy groups -OCH3 is 1. The van der Waals surface area contributed by atoms with Crippen molar-refractivity contribution < 1.29 is 23.8 Å². The number of benzene rings is 1. The first-order valence-electron chi connectivity index (χ1n) is 8.68. The van der Waals surface area contributed by atoms with E-state index in [1.165, 1.54) is 13.3 Å². The van der Waals surface area contributed by atoms with E-state index in [9.17, 15) is 4.79 Å². The second kappa shape index (κ2) is 7.01. The molecule has 2 aromatic rings. The van der Waals surface area contributed by atoms with Gasteiger partial charge in [0.2, 0.25) is 18.6 Å². The lowest BCUT2D eigenvalue weighted by Gasteiger charge is -2.21. The molecule has 2 aliphatic heterocycles. The van der Waals surface area contributed by atoms with Gasteiger partial charge in [-0.1, -0.05) is 0 Å². The van der Waals surface area contributed by atoms with Crippen molar-refractivity contribution >= 4 is 17.4 Å². The van der Waals surface area contributed by atoms with E-state index in [-0.39, 0.29) is 19.1 Å². The van der Waals surface area contributed by atoms with Gasteiger partial charge in [-0.2, -0.15) is 0 Å². The molecule has 0 fully saturated rings. The monoisotopic (exact) mass is 384 g/mol. The maximum absolute atomic E-state index is 12.5. The Kier molecular flexibility index (Phi) is 4.52. The number of anilines is 1. The minimum atomic E-state index is -1.02. The van der Waals surface area contributed by atoms with Crippen LogP contribution in [0, 0.1) is 0 Å². The number of hydrogen-bond acceptors (Lipinski definition) is 8. The van der Waals surface area contributed by atoms with Crippen LogP contribution in [0.15, 0.2) is 41.5 Å². The van der Waals surface area contributed by atoms with E-state index in [1.54, 1.807) is 31.2 Å². The van der Waals surface area contributed by atoms with Gasteiger partial charge in [-0.3, -0.25) is 4.79 Å². The van der Waals surface area contributed by atoms with Crippen molar-refractivity contribution in [2.24, 2.45) is 4.99 Å². The van der Waals surface area contributed by atoms with Crippen molar-refractivity contribution in [2.45, 2.75) is 19.1 Å². The molecule has 146 valence electrons. The van der Waals surface area contributed by atoms with Gasteiger partial charge < -0.3 is 19.5 Å². The highest BCUT2D eigenvalue weighted by atomic mass is 16.7. The molecule has 0 radical (unpaired) electrons. The zero-order valence-corrected chi connectivity index (χ0v) is 15.8. The van der Waals surface area contributed by atoms with Crippen LogP contribution in [0.25, 0.3) is 0 Å². The molecular formula is C19H20N4O5. The Balaban J connectivity index is 1.47. The van der Waals surface area contributed by atoms with Crippen LogP contribution >= 0.6 is 0 Å². The van der Waals surface area contributed by atoms with E-state index in [2.05, 4.69) is 15.3 Å². The summed E-state index contributed by atoms with van der Waals surface area (Å²) < 4.78 is 15.8. The van der Waals surface area contributed by atoms with Crippen molar-refractivity contribution in [3.05, 3.63) is 42.1 Å². The first kappa shape index (κ1) is 18.1. The second-order valence-electron chi connectivity index (χ2n) is 6.58. The Labute approximate surface area is 161 Å². The zero-order valence-electron chi connectivity index (χ0n) is 15.8. The summed E-state index contributed by atoms with van der Waals surface area (Å²) in [5, 5.41) is 4.34. The second-order valence-corrected chi connectivity index (χ2v) is 6.58. The standard InChI is InChI=1S/C19H20N4O5/c1-19(9-16(24)21-13-5-7-17(25-3)20-10-13)22-18(23(2)28-19)12-4-6-14-15(8-12)27-11-26-14/h4-8,10H,9,11H2,1-3H3,(H,21,24). The number of hydroxylamine groups is 2. The smallest absolute Gasteiger partial charge is 0.231 e. The number of nitrogens with one attached hydrogen (secondary N) is 1. The Morgan fingerprint density at radius 1 is 1.29 bits per heavy atom. The summed E-state index contributed by atoms with van der Waals surface area (Å²) in [5.41, 5.74) is 0.362. The van der Waals surface area contributed by atoms with E-state index in [0.29, 0.717) is 28.9 Å². The number of amidine groups is 1. The van der Waals surface area contributed by atoms with E-state index >= 15 is 0 Å². The molecule has 1 atom stereocenters. The molecule has 9 nitrogen and oxygen atoms in total. The van der Waals surface area contributed by atoms with E-state index in [1.807, 2.05) is 18.2 Å². The SMILES string of the molecule is COc1ccc(NC(=O)CC2(C)N=C(c3ccc4c(c3)OCO4)N(C)O2)cn1. The molecule has 2 aliphatic rings. The molecule has 0 saturated heterocycles. The van der Waals surface area contributed by atoms with Gasteiger partial charge in [0.25, 0.3) is 0 Å². The summed E-state index contributed by atoms with van der Waals surface area (Å²) in [6.07, 6.45) is 1.57. The molecule has 1 aromatic heterocycles. The number of fused-ring (bicyclic) bond motifs is 1. The van der Waals surface area contributed by atoms with Gasteiger partial charge in [0, 0.05) is 18.7 Å². The lowest BCUT2D eigenvalue weighted by Crippen LogP contribution is -2.32. The number of aromatic nitrogens is 1. The van der Waals surface area contributed by atoms with Crippen LogP contribution in [-0.2, 0) is 9.63 Å². The first-order chi connectivity index (χ1) is 13.5. The van der Waals surface area contributed by atoms with Crippen LogP contribution in [0.2, 0.25) is 0 Å². The summed E-state index contributed by atoms with van der Waals surface area (Å²) in [7, 11) is 3.28. The van der Waals surface area contributed by atoms with E-state index in [4.69, 9.17) is 19.0 Å². The van der Waals surface area contributed by atoms with Gasteiger partial charge >= 0.3 is 0 Å². The predicted molar refractivity (Wildman–Crippen MR) is 100 cm³/mol. The van der Waals surface area contributed by atoms with E-state index in [0.717, 1.165) is 5.56 Å². The number of amides is 1. The molecule has 4 rings (SSSR count). The highest BCUT2D eigenvalue weighted by Gasteiger charge is 2.38. The molecule has 1 N–H and O–H groups in total. The number of carbonyl (C=O) groups excluding carboxylic acids is 1. The van der Waals surface area contributed by atoms with Crippen molar-refractivity contribution in [3.63, 3.8) is 0 Å². The molecule has 0 saturated carbocycles. The van der Waals surface area contributed by atoms with Crippen LogP contribution in [0.1, 0.15) is 18.9 Å². The third-order valence-electron chi connectivity index (χ3n) is 4.32. The molecule has 0 bridgehead atoms. The molecule has 1 aromatic carbocycles. The fourth-order valence-corrected chi connectivity index (χ4v) is 3.08. The Hall–Kier alpha value is -3.33. The minimum absolute atomic E-state index is 0.0391. The van der Waals surface area contributed by atoms with Gasteiger partial charge in [0.15, 0.2) is 23.1 Å². The summed E-state index contributed by atoms with van der Waals surface area (Å²) in [5.74, 6) is 2.20. The van der Waals surface area contributed by atoms with Gasteiger partial charge in [0.1, 0.15) is 0 Å². The summed E-state index contributed by atoms with van der Waals surface area (Å²) in [6.45, 7) is 1.96. The zero-order chi connectivity index (χ0) is 19.7. The van der Waals surface area contributed by atoms with Crippen LogP contribution < -0.4 is 19.5 Å². The Bertz CT molecular complexity index is 930. The Morgan fingerprint density at radius 3 is 2.86 bits per heavy atom. The van der Waals surface area contributed by atoms with Crippen LogP contribution in [0.3, 0.4) is 0 Å².